The maximum Gasteiger partial charge on any atom is 0.407 e. The summed E-state index contributed by atoms with van der Waals surface area (Å²) in [5.74, 6) is 1.06. The summed E-state index contributed by atoms with van der Waals surface area (Å²) in [6.07, 6.45) is 6.02. The predicted molar refractivity (Wildman–Crippen MR) is 99.3 cm³/mol. The molecule has 3 N–H and O–H groups in total. The first kappa shape index (κ1) is 20.3. The molecule has 1 amide bonds. The molecule has 0 aliphatic heterocycles. The van der Waals surface area contributed by atoms with Gasteiger partial charge in [0.05, 0.1) is 12.6 Å². The van der Waals surface area contributed by atoms with Crippen LogP contribution in [0.5, 0.6) is 0 Å². The quantitative estimate of drug-likeness (QED) is 0.395. The van der Waals surface area contributed by atoms with Crippen molar-refractivity contribution in [3.8, 4) is 0 Å². The number of nitrogens with one attached hydrogen (secondary N) is 3. The lowest BCUT2D eigenvalue weighted by Crippen LogP contribution is -2.46. The Labute approximate surface area is 146 Å². The van der Waals surface area contributed by atoms with Crippen LogP contribution >= 0.6 is 0 Å². The van der Waals surface area contributed by atoms with Crippen LogP contribution in [0.4, 0.5) is 4.79 Å². The molecule has 0 heterocycles. The summed E-state index contributed by atoms with van der Waals surface area (Å²) in [4.78, 5) is 16.6. The first-order chi connectivity index (χ1) is 11.2. The molecule has 1 aliphatic rings. The van der Waals surface area contributed by atoms with Gasteiger partial charge in [-0.1, -0.05) is 26.0 Å². The second kappa shape index (κ2) is 9.55. The predicted octanol–water partition coefficient (Wildman–Crippen LogP) is 2.81. The zero-order valence-corrected chi connectivity index (χ0v) is 16.0. The SMILES string of the molecule is CCNC(=NCC(NC(=O)OC(C)(C)C)C(C)C)NC1CC=CC1. The second-order valence-electron chi connectivity index (χ2n) is 7.50. The van der Waals surface area contributed by atoms with Crippen molar-refractivity contribution >= 4 is 12.1 Å². The molecule has 0 aromatic rings. The van der Waals surface area contributed by atoms with Gasteiger partial charge in [-0.2, -0.15) is 0 Å². The van der Waals surface area contributed by atoms with Crippen molar-refractivity contribution in [2.45, 2.75) is 72.1 Å². The van der Waals surface area contributed by atoms with Crippen molar-refractivity contribution < 1.29 is 9.53 Å². The largest absolute Gasteiger partial charge is 0.444 e. The van der Waals surface area contributed by atoms with Crippen LogP contribution in [0, 0.1) is 5.92 Å². The number of ether oxygens (including phenoxy) is 1. The second-order valence-corrected chi connectivity index (χ2v) is 7.50. The van der Waals surface area contributed by atoms with Gasteiger partial charge in [0.25, 0.3) is 0 Å². The number of hydrogen-bond acceptors (Lipinski definition) is 3. The van der Waals surface area contributed by atoms with Gasteiger partial charge >= 0.3 is 6.09 Å². The lowest BCUT2D eigenvalue weighted by molar-refractivity contribution is 0.0493. The Morgan fingerprint density at radius 1 is 1.29 bits per heavy atom. The van der Waals surface area contributed by atoms with E-state index < -0.39 is 11.7 Å². The van der Waals surface area contributed by atoms with Gasteiger partial charge in [-0.25, -0.2) is 4.79 Å². The zero-order valence-electron chi connectivity index (χ0n) is 16.0. The van der Waals surface area contributed by atoms with Crippen LogP contribution in [0.2, 0.25) is 0 Å². The van der Waals surface area contributed by atoms with Crippen molar-refractivity contribution in [1.82, 2.24) is 16.0 Å². The van der Waals surface area contributed by atoms with E-state index in [1.807, 2.05) is 27.7 Å². The number of carbonyl (C=O) groups excluding carboxylic acids is 1. The summed E-state index contributed by atoms with van der Waals surface area (Å²) in [5, 5.41) is 9.63. The smallest absolute Gasteiger partial charge is 0.407 e. The van der Waals surface area contributed by atoms with Crippen molar-refractivity contribution in [3.05, 3.63) is 12.2 Å². The lowest BCUT2D eigenvalue weighted by atomic mass is 10.1. The fraction of sp³-hybridized carbons (Fsp3) is 0.778. The van der Waals surface area contributed by atoms with E-state index in [1.54, 1.807) is 0 Å². The average Bonchev–Trinajstić information content (AvgIpc) is 2.94. The molecule has 1 aliphatic carbocycles. The molecule has 0 bridgehead atoms. The molecule has 0 saturated heterocycles. The van der Waals surface area contributed by atoms with E-state index in [0.717, 1.165) is 25.3 Å². The summed E-state index contributed by atoms with van der Waals surface area (Å²) in [6.45, 7) is 13.1. The van der Waals surface area contributed by atoms with Gasteiger partial charge in [0.2, 0.25) is 0 Å². The summed E-state index contributed by atoms with van der Waals surface area (Å²) >= 11 is 0. The van der Waals surface area contributed by atoms with Crippen LogP contribution in [0.3, 0.4) is 0 Å². The maximum atomic E-state index is 12.0. The molecule has 0 aromatic carbocycles. The Balaban J connectivity index is 2.61. The molecule has 6 heteroatoms. The van der Waals surface area contributed by atoms with Gasteiger partial charge in [-0.3, -0.25) is 4.99 Å². The molecule has 1 unspecified atom stereocenters. The third-order valence-corrected chi connectivity index (χ3v) is 3.65. The van der Waals surface area contributed by atoms with E-state index >= 15 is 0 Å². The standard InChI is InChI=1S/C18H34N4O2/c1-7-19-16(21-14-10-8-9-11-14)20-12-15(13(2)3)22-17(23)24-18(4,5)6/h8-9,13-15H,7,10-12H2,1-6H3,(H,22,23)(H2,19,20,21). The normalized spacial score (nSPS) is 17.0. The zero-order chi connectivity index (χ0) is 18.2. The lowest BCUT2D eigenvalue weighted by Gasteiger charge is -2.25. The van der Waals surface area contributed by atoms with Gasteiger partial charge in [0.15, 0.2) is 5.96 Å². The fourth-order valence-electron chi connectivity index (χ4n) is 2.32. The van der Waals surface area contributed by atoms with E-state index in [9.17, 15) is 4.79 Å². The highest BCUT2D eigenvalue weighted by molar-refractivity contribution is 5.80. The number of rotatable bonds is 6. The number of amides is 1. The molecule has 0 saturated carbocycles. The number of carbonyl (C=O) groups is 1. The van der Waals surface area contributed by atoms with Gasteiger partial charge in [0, 0.05) is 12.6 Å². The van der Waals surface area contributed by atoms with E-state index in [-0.39, 0.29) is 12.0 Å². The Morgan fingerprint density at radius 2 is 1.92 bits per heavy atom. The molecule has 0 fully saturated rings. The van der Waals surface area contributed by atoms with E-state index in [0.29, 0.717) is 12.6 Å². The molecule has 24 heavy (non-hydrogen) atoms. The first-order valence-electron chi connectivity index (χ1n) is 8.90. The molecular weight excluding hydrogens is 304 g/mol. The number of nitrogens with zero attached hydrogens (tertiary/aromatic N) is 1. The van der Waals surface area contributed by atoms with Gasteiger partial charge in [0.1, 0.15) is 5.60 Å². The highest BCUT2D eigenvalue weighted by Crippen LogP contribution is 2.10. The minimum Gasteiger partial charge on any atom is -0.444 e. The summed E-state index contributed by atoms with van der Waals surface area (Å²) in [7, 11) is 0. The third kappa shape index (κ3) is 8.22. The number of aliphatic imine (C=N–C) groups is 1. The summed E-state index contributed by atoms with van der Waals surface area (Å²) < 4.78 is 5.34. The number of alkyl carbamates (subject to hydrolysis) is 1. The Hall–Kier alpha value is -1.72. The maximum absolute atomic E-state index is 12.0. The van der Waals surface area contributed by atoms with Crippen LogP contribution in [-0.4, -0.2) is 42.8 Å². The third-order valence-electron chi connectivity index (χ3n) is 3.65. The average molecular weight is 338 g/mol. The number of guanidine groups is 1. The van der Waals surface area contributed by atoms with Crippen molar-refractivity contribution in [3.63, 3.8) is 0 Å². The van der Waals surface area contributed by atoms with Crippen molar-refractivity contribution in [2.24, 2.45) is 10.9 Å². The van der Waals surface area contributed by atoms with E-state index in [4.69, 9.17) is 4.74 Å². The highest BCUT2D eigenvalue weighted by atomic mass is 16.6. The van der Waals surface area contributed by atoms with Crippen molar-refractivity contribution in [2.75, 3.05) is 13.1 Å². The van der Waals surface area contributed by atoms with Gasteiger partial charge < -0.3 is 20.7 Å². The van der Waals surface area contributed by atoms with Crippen LogP contribution in [0.1, 0.15) is 54.4 Å². The summed E-state index contributed by atoms with van der Waals surface area (Å²) in [5.41, 5.74) is -0.499. The molecule has 0 radical (unpaired) electrons. The Morgan fingerprint density at radius 3 is 2.42 bits per heavy atom. The molecule has 0 aromatic heterocycles. The van der Waals surface area contributed by atoms with Crippen molar-refractivity contribution in [1.29, 1.82) is 0 Å². The van der Waals surface area contributed by atoms with Gasteiger partial charge in [-0.15, -0.1) is 0 Å². The number of hydrogen-bond donors (Lipinski definition) is 3. The van der Waals surface area contributed by atoms with Crippen LogP contribution in [0.15, 0.2) is 17.1 Å². The Kier molecular flexibility index (Phi) is 8.08. The molecular formula is C18H34N4O2. The van der Waals surface area contributed by atoms with E-state index in [1.165, 1.54) is 0 Å². The minimum atomic E-state index is -0.499. The Bertz CT molecular complexity index is 444. The van der Waals surface area contributed by atoms with Crippen LogP contribution in [-0.2, 0) is 4.74 Å². The molecule has 0 spiro atoms. The molecule has 1 atom stereocenters. The monoisotopic (exact) mass is 338 g/mol. The molecule has 6 nitrogen and oxygen atoms in total. The fourth-order valence-corrected chi connectivity index (χ4v) is 2.32. The minimum absolute atomic E-state index is 0.0722. The summed E-state index contributed by atoms with van der Waals surface area (Å²) in [6, 6.07) is 0.330. The molecule has 1 rings (SSSR count). The van der Waals surface area contributed by atoms with Gasteiger partial charge in [-0.05, 0) is 46.5 Å². The highest BCUT2D eigenvalue weighted by Gasteiger charge is 2.21. The first-order valence-corrected chi connectivity index (χ1v) is 8.90. The van der Waals surface area contributed by atoms with E-state index in [2.05, 4.69) is 46.9 Å². The topological polar surface area (TPSA) is 74.8 Å². The van der Waals surface area contributed by atoms with Crippen LogP contribution in [0.25, 0.3) is 0 Å². The van der Waals surface area contributed by atoms with Crippen LogP contribution < -0.4 is 16.0 Å². The molecule has 138 valence electrons.